The van der Waals surface area contributed by atoms with Gasteiger partial charge in [0, 0.05) is 25.0 Å². The standard InChI is InChI=1S/C28H35N3O4/c1-6-23(25(33)29-28(3,4)5)31(18-20-12-9-11-19(2)17-20)24(32)15-10-16-30-26(34)21-13-7-8-14-22(21)27(30)35/h7-9,11-14,17,23H,6,10,15-16,18H2,1-5H3,(H,29,33)/t23-/m0/s1. The first-order chi connectivity index (χ1) is 16.5. The molecule has 0 unspecified atom stereocenters. The van der Waals surface area contributed by atoms with E-state index in [0.717, 1.165) is 11.1 Å². The lowest BCUT2D eigenvalue weighted by Gasteiger charge is -2.33. The van der Waals surface area contributed by atoms with Crippen LogP contribution in [0.4, 0.5) is 0 Å². The van der Waals surface area contributed by atoms with Gasteiger partial charge in [0.05, 0.1) is 11.1 Å². The lowest BCUT2D eigenvalue weighted by molar-refractivity contribution is -0.142. The third-order valence-electron chi connectivity index (χ3n) is 5.97. The molecular formula is C28H35N3O4. The maximum Gasteiger partial charge on any atom is 0.261 e. The molecule has 1 N–H and O–H groups in total. The Bertz CT molecular complexity index is 1080. The number of nitrogens with one attached hydrogen (secondary N) is 1. The molecule has 2 aromatic carbocycles. The van der Waals surface area contributed by atoms with Gasteiger partial charge < -0.3 is 10.2 Å². The van der Waals surface area contributed by atoms with Crippen molar-refractivity contribution in [2.75, 3.05) is 6.54 Å². The van der Waals surface area contributed by atoms with E-state index < -0.39 is 11.6 Å². The molecule has 7 nitrogen and oxygen atoms in total. The molecule has 1 aliphatic rings. The van der Waals surface area contributed by atoms with Gasteiger partial charge in [-0.05, 0) is 58.2 Å². The summed E-state index contributed by atoms with van der Waals surface area (Å²) in [7, 11) is 0. The average molecular weight is 478 g/mol. The molecule has 2 aromatic rings. The van der Waals surface area contributed by atoms with Crippen LogP contribution in [0.25, 0.3) is 0 Å². The highest BCUT2D eigenvalue weighted by molar-refractivity contribution is 6.21. The fraction of sp³-hybridized carbons (Fsp3) is 0.429. The Hall–Kier alpha value is -3.48. The third kappa shape index (κ3) is 6.35. The minimum absolute atomic E-state index is 0.124. The highest BCUT2D eigenvalue weighted by Gasteiger charge is 2.35. The predicted octanol–water partition coefficient (Wildman–Crippen LogP) is 4.09. The van der Waals surface area contributed by atoms with Crippen LogP contribution in [0.1, 0.15) is 78.8 Å². The van der Waals surface area contributed by atoms with Gasteiger partial charge in [-0.3, -0.25) is 24.1 Å². The van der Waals surface area contributed by atoms with Gasteiger partial charge in [0.15, 0.2) is 0 Å². The Kier molecular flexibility index (Phi) is 8.10. The lowest BCUT2D eigenvalue weighted by atomic mass is 10.0. The Morgan fingerprint density at radius 2 is 1.63 bits per heavy atom. The number of carbonyl (C=O) groups excluding carboxylic acids is 4. The highest BCUT2D eigenvalue weighted by Crippen LogP contribution is 2.23. The van der Waals surface area contributed by atoms with Crippen LogP contribution < -0.4 is 5.32 Å². The van der Waals surface area contributed by atoms with Crippen molar-refractivity contribution in [2.24, 2.45) is 0 Å². The van der Waals surface area contributed by atoms with Crippen molar-refractivity contribution in [3.05, 3.63) is 70.8 Å². The van der Waals surface area contributed by atoms with Gasteiger partial charge in [-0.25, -0.2) is 0 Å². The summed E-state index contributed by atoms with van der Waals surface area (Å²) in [5, 5.41) is 2.99. The molecule has 0 radical (unpaired) electrons. The molecule has 7 heteroatoms. The second kappa shape index (κ2) is 10.8. The van der Waals surface area contributed by atoms with Crippen LogP contribution in [0.15, 0.2) is 48.5 Å². The maximum absolute atomic E-state index is 13.4. The molecule has 1 aliphatic heterocycles. The van der Waals surface area contributed by atoms with E-state index in [4.69, 9.17) is 0 Å². The molecule has 0 saturated carbocycles. The van der Waals surface area contributed by atoms with Crippen LogP contribution in [0.3, 0.4) is 0 Å². The number of hydrogen-bond donors (Lipinski definition) is 1. The minimum Gasteiger partial charge on any atom is -0.350 e. The Labute approximate surface area is 207 Å². The molecule has 1 atom stereocenters. The topological polar surface area (TPSA) is 86.8 Å². The number of carbonyl (C=O) groups is 4. The summed E-state index contributed by atoms with van der Waals surface area (Å²) in [6.45, 7) is 10.1. The maximum atomic E-state index is 13.4. The van der Waals surface area contributed by atoms with Crippen LogP contribution in [-0.4, -0.2) is 51.6 Å². The van der Waals surface area contributed by atoms with E-state index in [9.17, 15) is 19.2 Å². The summed E-state index contributed by atoms with van der Waals surface area (Å²) in [6, 6.07) is 14.0. The number of fused-ring (bicyclic) bond motifs is 1. The minimum atomic E-state index is -0.624. The van der Waals surface area contributed by atoms with Crippen molar-refractivity contribution in [1.29, 1.82) is 0 Å². The second-order valence-corrected chi connectivity index (χ2v) is 10.1. The van der Waals surface area contributed by atoms with Crippen molar-refractivity contribution >= 4 is 23.6 Å². The summed E-state index contributed by atoms with van der Waals surface area (Å²) in [5.74, 6) is -1.03. The van der Waals surface area contributed by atoms with Gasteiger partial charge in [-0.15, -0.1) is 0 Å². The third-order valence-corrected chi connectivity index (χ3v) is 5.97. The van der Waals surface area contributed by atoms with Crippen molar-refractivity contribution in [2.45, 2.75) is 72.0 Å². The molecule has 186 valence electrons. The van der Waals surface area contributed by atoms with E-state index in [1.807, 2.05) is 58.9 Å². The van der Waals surface area contributed by atoms with Crippen LogP contribution in [-0.2, 0) is 16.1 Å². The summed E-state index contributed by atoms with van der Waals surface area (Å²) in [6.07, 6.45) is 0.919. The van der Waals surface area contributed by atoms with Gasteiger partial charge in [0.25, 0.3) is 11.8 Å². The first kappa shape index (κ1) is 26.1. The summed E-state index contributed by atoms with van der Waals surface area (Å²) in [4.78, 5) is 54.6. The zero-order valence-corrected chi connectivity index (χ0v) is 21.3. The van der Waals surface area contributed by atoms with Gasteiger partial charge in [-0.2, -0.15) is 0 Å². The Morgan fingerprint density at radius 3 is 2.17 bits per heavy atom. The molecule has 0 aromatic heterocycles. The number of aryl methyl sites for hydroxylation is 1. The number of amides is 4. The molecule has 3 rings (SSSR count). The van der Waals surface area contributed by atoms with Crippen LogP contribution in [0, 0.1) is 6.92 Å². The SMILES string of the molecule is CC[C@@H](C(=O)NC(C)(C)C)N(Cc1cccc(C)c1)C(=O)CCCN1C(=O)c2ccccc2C1=O. The number of benzene rings is 2. The van der Waals surface area contributed by atoms with E-state index in [1.54, 1.807) is 29.2 Å². The van der Waals surface area contributed by atoms with E-state index >= 15 is 0 Å². The fourth-order valence-electron chi connectivity index (χ4n) is 4.35. The number of nitrogens with zero attached hydrogens (tertiary/aromatic N) is 2. The van der Waals surface area contributed by atoms with Crippen molar-refractivity contribution in [3.8, 4) is 0 Å². The summed E-state index contributed by atoms with van der Waals surface area (Å²) >= 11 is 0. The second-order valence-electron chi connectivity index (χ2n) is 10.1. The monoisotopic (exact) mass is 477 g/mol. The molecule has 0 saturated heterocycles. The largest absolute Gasteiger partial charge is 0.350 e. The molecule has 35 heavy (non-hydrogen) atoms. The Morgan fingerprint density at radius 1 is 1.00 bits per heavy atom. The van der Waals surface area contributed by atoms with Crippen molar-refractivity contribution in [1.82, 2.24) is 15.1 Å². The van der Waals surface area contributed by atoms with Gasteiger partial charge in [-0.1, -0.05) is 48.9 Å². The quantitative estimate of drug-likeness (QED) is 0.551. The average Bonchev–Trinajstić information content (AvgIpc) is 3.03. The van der Waals surface area contributed by atoms with Gasteiger partial charge >= 0.3 is 0 Å². The number of hydrogen-bond acceptors (Lipinski definition) is 4. The zero-order chi connectivity index (χ0) is 25.8. The summed E-state index contributed by atoms with van der Waals surface area (Å²) in [5.41, 5.74) is 2.40. The normalized spacial score (nSPS) is 14.0. The molecule has 0 fully saturated rings. The van der Waals surface area contributed by atoms with Crippen LogP contribution >= 0.6 is 0 Å². The number of imide groups is 1. The molecule has 0 bridgehead atoms. The highest BCUT2D eigenvalue weighted by atomic mass is 16.2. The smallest absolute Gasteiger partial charge is 0.261 e. The van der Waals surface area contributed by atoms with E-state index in [0.29, 0.717) is 30.5 Å². The van der Waals surface area contributed by atoms with Crippen molar-refractivity contribution in [3.63, 3.8) is 0 Å². The molecule has 1 heterocycles. The first-order valence-electron chi connectivity index (χ1n) is 12.1. The number of rotatable bonds is 9. The molecular weight excluding hydrogens is 442 g/mol. The molecule has 0 spiro atoms. The fourth-order valence-corrected chi connectivity index (χ4v) is 4.35. The van der Waals surface area contributed by atoms with E-state index in [1.165, 1.54) is 4.90 Å². The van der Waals surface area contributed by atoms with E-state index in [2.05, 4.69) is 5.32 Å². The van der Waals surface area contributed by atoms with Crippen molar-refractivity contribution < 1.29 is 19.2 Å². The van der Waals surface area contributed by atoms with Crippen LogP contribution in [0.5, 0.6) is 0 Å². The molecule has 0 aliphatic carbocycles. The van der Waals surface area contributed by atoms with Gasteiger partial charge in [0.1, 0.15) is 6.04 Å². The molecule has 4 amide bonds. The van der Waals surface area contributed by atoms with E-state index in [-0.39, 0.29) is 36.6 Å². The lowest BCUT2D eigenvalue weighted by Crippen LogP contribution is -2.53. The van der Waals surface area contributed by atoms with Crippen LogP contribution in [0.2, 0.25) is 0 Å². The van der Waals surface area contributed by atoms with Gasteiger partial charge in [0.2, 0.25) is 11.8 Å². The Balaban J connectivity index is 1.73. The summed E-state index contributed by atoms with van der Waals surface area (Å²) < 4.78 is 0. The first-order valence-corrected chi connectivity index (χ1v) is 12.1. The zero-order valence-electron chi connectivity index (χ0n) is 21.3. The predicted molar refractivity (Wildman–Crippen MR) is 135 cm³/mol.